The quantitative estimate of drug-likeness (QED) is 0.656. The Balaban J connectivity index is 1.77. The van der Waals surface area contributed by atoms with Crippen molar-refractivity contribution in [3.8, 4) is 5.75 Å². The molecule has 0 saturated carbocycles. The standard InChI is InChI=1S/C19H22ClNO5/c1-25-14-7-8-16(20)15(11-14)18(23)17(22)9-10-21-19(24)26-12-13-5-3-2-4-6-13/h2-8,11,17-18,22-23H,9-10,12H2,1H3,(H,21,24). The SMILES string of the molecule is COc1ccc(Cl)c(C(O)C(O)CCNC(=O)OCc2ccccc2)c1. The Morgan fingerprint density at radius 2 is 1.92 bits per heavy atom. The second-order valence-corrected chi connectivity index (χ2v) is 6.08. The van der Waals surface area contributed by atoms with Gasteiger partial charge in [0.1, 0.15) is 18.5 Å². The van der Waals surface area contributed by atoms with Gasteiger partial charge in [-0.1, -0.05) is 41.9 Å². The van der Waals surface area contributed by atoms with Gasteiger partial charge in [-0.2, -0.15) is 0 Å². The zero-order valence-corrected chi connectivity index (χ0v) is 15.1. The van der Waals surface area contributed by atoms with Crippen LogP contribution in [-0.4, -0.2) is 36.1 Å². The highest BCUT2D eigenvalue weighted by atomic mass is 35.5. The summed E-state index contributed by atoms with van der Waals surface area (Å²) >= 11 is 6.06. The van der Waals surface area contributed by atoms with Gasteiger partial charge in [0.15, 0.2) is 0 Å². The molecular formula is C19H22ClNO5. The molecule has 1 amide bonds. The monoisotopic (exact) mass is 379 g/mol. The molecule has 7 heteroatoms. The van der Waals surface area contributed by atoms with Crippen molar-refractivity contribution >= 4 is 17.7 Å². The van der Waals surface area contributed by atoms with Crippen LogP contribution in [0.3, 0.4) is 0 Å². The van der Waals surface area contributed by atoms with Gasteiger partial charge >= 0.3 is 6.09 Å². The molecule has 0 heterocycles. The average Bonchev–Trinajstić information content (AvgIpc) is 2.67. The van der Waals surface area contributed by atoms with Gasteiger partial charge in [-0.05, 0) is 30.2 Å². The van der Waals surface area contributed by atoms with Crippen molar-refractivity contribution in [1.82, 2.24) is 5.32 Å². The number of methoxy groups -OCH3 is 1. The van der Waals surface area contributed by atoms with Crippen LogP contribution in [0.15, 0.2) is 48.5 Å². The number of halogens is 1. The molecule has 0 aromatic heterocycles. The Labute approximate surface area is 157 Å². The summed E-state index contributed by atoms with van der Waals surface area (Å²) in [5, 5.41) is 23.3. The molecule has 2 aromatic rings. The highest BCUT2D eigenvalue weighted by Gasteiger charge is 2.21. The van der Waals surface area contributed by atoms with Crippen LogP contribution in [-0.2, 0) is 11.3 Å². The Morgan fingerprint density at radius 3 is 2.62 bits per heavy atom. The minimum absolute atomic E-state index is 0.134. The largest absolute Gasteiger partial charge is 0.497 e. The van der Waals surface area contributed by atoms with E-state index in [4.69, 9.17) is 21.1 Å². The van der Waals surface area contributed by atoms with Gasteiger partial charge in [-0.25, -0.2) is 4.79 Å². The number of carbonyl (C=O) groups is 1. The molecule has 0 saturated heterocycles. The molecule has 0 bridgehead atoms. The molecule has 0 aliphatic rings. The molecule has 0 radical (unpaired) electrons. The lowest BCUT2D eigenvalue weighted by Crippen LogP contribution is -2.29. The molecule has 26 heavy (non-hydrogen) atoms. The van der Waals surface area contributed by atoms with Crippen molar-refractivity contribution in [3.05, 3.63) is 64.7 Å². The third-order valence-corrected chi connectivity index (χ3v) is 4.15. The van der Waals surface area contributed by atoms with Gasteiger partial charge in [0.25, 0.3) is 0 Å². The van der Waals surface area contributed by atoms with Crippen LogP contribution < -0.4 is 10.1 Å². The number of carbonyl (C=O) groups excluding carboxylic acids is 1. The van der Waals surface area contributed by atoms with Crippen LogP contribution in [0.5, 0.6) is 5.75 Å². The number of benzene rings is 2. The summed E-state index contributed by atoms with van der Waals surface area (Å²) in [6.45, 7) is 0.310. The van der Waals surface area contributed by atoms with Gasteiger partial charge in [-0.15, -0.1) is 0 Å². The molecule has 2 atom stereocenters. The maximum absolute atomic E-state index is 11.7. The number of amides is 1. The molecule has 2 aromatic carbocycles. The number of alkyl carbamates (subject to hydrolysis) is 1. The summed E-state index contributed by atoms with van der Waals surface area (Å²) in [7, 11) is 1.50. The van der Waals surface area contributed by atoms with E-state index < -0.39 is 18.3 Å². The fraction of sp³-hybridized carbons (Fsp3) is 0.316. The average molecular weight is 380 g/mol. The molecule has 0 aliphatic heterocycles. The van der Waals surface area contributed by atoms with Gasteiger partial charge in [0.05, 0.1) is 13.2 Å². The first kappa shape index (κ1) is 20.0. The fourth-order valence-corrected chi connectivity index (χ4v) is 2.57. The number of rotatable bonds is 8. The lowest BCUT2D eigenvalue weighted by molar-refractivity contribution is 0.0136. The van der Waals surface area contributed by atoms with Gasteiger partial charge in [0, 0.05) is 17.1 Å². The fourth-order valence-electron chi connectivity index (χ4n) is 2.34. The first-order valence-electron chi connectivity index (χ1n) is 8.15. The number of aliphatic hydroxyl groups is 2. The lowest BCUT2D eigenvalue weighted by Gasteiger charge is -2.20. The summed E-state index contributed by atoms with van der Waals surface area (Å²) in [5.74, 6) is 0.526. The van der Waals surface area contributed by atoms with E-state index in [1.165, 1.54) is 7.11 Å². The molecule has 0 spiro atoms. The van der Waals surface area contributed by atoms with Gasteiger partial charge in [0.2, 0.25) is 0 Å². The molecule has 3 N–H and O–H groups in total. The van der Waals surface area contributed by atoms with E-state index >= 15 is 0 Å². The molecule has 2 unspecified atom stereocenters. The Hall–Kier alpha value is -2.28. The summed E-state index contributed by atoms with van der Waals surface area (Å²) in [4.78, 5) is 11.7. The van der Waals surface area contributed by atoms with E-state index in [-0.39, 0.29) is 19.6 Å². The summed E-state index contributed by atoms with van der Waals surface area (Å²) in [5.41, 5.74) is 1.25. The van der Waals surface area contributed by atoms with E-state index in [1.54, 1.807) is 18.2 Å². The summed E-state index contributed by atoms with van der Waals surface area (Å²) in [6.07, 6.45) is -2.75. The smallest absolute Gasteiger partial charge is 0.407 e. The van der Waals surface area contributed by atoms with Crippen LogP contribution in [0.1, 0.15) is 23.7 Å². The van der Waals surface area contributed by atoms with Crippen LogP contribution in [0.4, 0.5) is 4.79 Å². The molecule has 6 nitrogen and oxygen atoms in total. The van der Waals surface area contributed by atoms with Crippen LogP contribution in [0, 0.1) is 0 Å². The highest BCUT2D eigenvalue weighted by Crippen LogP contribution is 2.29. The van der Waals surface area contributed by atoms with Crippen LogP contribution >= 0.6 is 11.6 Å². The molecule has 0 aliphatic carbocycles. The zero-order chi connectivity index (χ0) is 18.9. The first-order valence-corrected chi connectivity index (χ1v) is 8.53. The number of aliphatic hydroxyl groups excluding tert-OH is 2. The Bertz CT molecular complexity index is 710. The van der Waals surface area contributed by atoms with Crippen LogP contribution in [0.25, 0.3) is 0 Å². The van der Waals surface area contributed by atoms with E-state index in [2.05, 4.69) is 5.32 Å². The van der Waals surface area contributed by atoms with Crippen molar-refractivity contribution in [2.75, 3.05) is 13.7 Å². The molecule has 2 rings (SSSR count). The van der Waals surface area contributed by atoms with Crippen molar-refractivity contribution in [2.24, 2.45) is 0 Å². The molecule has 0 fully saturated rings. The maximum Gasteiger partial charge on any atom is 0.407 e. The van der Waals surface area contributed by atoms with Crippen LogP contribution in [0.2, 0.25) is 5.02 Å². The number of hydrogen-bond donors (Lipinski definition) is 3. The van der Waals surface area contributed by atoms with E-state index in [9.17, 15) is 15.0 Å². The zero-order valence-electron chi connectivity index (χ0n) is 14.4. The van der Waals surface area contributed by atoms with Crippen molar-refractivity contribution in [1.29, 1.82) is 0 Å². The topological polar surface area (TPSA) is 88.0 Å². The number of ether oxygens (including phenoxy) is 2. The molecule has 140 valence electrons. The first-order chi connectivity index (χ1) is 12.5. The third-order valence-electron chi connectivity index (χ3n) is 3.81. The summed E-state index contributed by atoms with van der Waals surface area (Å²) in [6, 6.07) is 14.1. The van der Waals surface area contributed by atoms with E-state index in [0.29, 0.717) is 16.3 Å². The minimum atomic E-state index is -1.19. The predicted octanol–water partition coefficient (Wildman–Crippen LogP) is 3.06. The number of nitrogens with one attached hydrogen (secondary N) is 1. The summed E-state index contributed by atoms with van der Waals surface area (Å²) < 4.78 is 10.2. The van der Waals surface area contributed by atoms with Gasteiger partial charge < -0.3 is 25.0 Å². The Kier molecular flexibility index (Phi) is 7.72. The predicted molar refractivity (Wildman–Crippen MR) is 98.2 cm³/mol. The maximum atomic E-state index is 11.7. The normalized spacial score (nSPS) is 12.9. The third kappa shape index (κ3) is 5.91. The van der Waals surface area contributed by atoms with Gasteiger partial charge in [-0.3, -0.25) is 0 Å². The highest BCUT2D eigenvalue weighted by molar-refractivity contribution is 6.31. The number of hydrogen-bond acceptors (Lipinski definition) is 5. The minimum Gasteiger partial charge on any atom is -0.497 e. The molecular weight excluding hydrogens is 358 g/mol. The van der Waals surface area contributed by atoms with E-state index in [1.807, 2.05) is 30.3 Å². The van der Waals surface area contributed by atoms with Crippen molar-refractivity contribution in [3.63, 3.8) is 0 Å². The lowest BCUT2D eigenvalue weighted by atomic mass is 10.0. The van der Waals surface area contributed by atoms with Crippen molar-refractivity contribution in [2.45, 2.75) is 25.2 Å². The van der Waals surface area contributed by atoms with Crippen molar-refractivity contribution < 1.29 is 24.5 Å². The second kappa shape index (κ2) is 10.0. The van der Waals surface area contributed by atoms with E-state index in [0.717, 1.165) is 5.56 Å². The second-order valence-electron chi connectivity index (χ2n) is 5.68. The Morgan fingerprint density at radius 1 is 1.19 bits per heavy atom.